The van der Waals surface area contributed by atoms with Crippen LogP contribution in [0.25, 0.3) is 0 Å². The van der Waals surface area contributed by atoms with Gasteiger partial charge in [0.05, 0.1) is 0 Å². The summed E-state index contributed by atoms with van der Waals surface area (Å²) in [5.41, 5.74) is 5.29. The van der Waals surface area contributed by atoms with Gasteiger partial charge in [-0.2, -0.15) is 0 Å². The molecule has 0 saturated carbocycles. The number of hydrogen-bond donors (Lipinski definition) is 2. The van der Waals surface area contributed by atoms with Crippen molar-refractivity contribution < 1.29 is 4.79 Å². The van der Waals surface area contributed by atoms with E-state index in [9.17, 15) is 4.79 Å². The first-order valence-corrected chi connectivity index (χ1v) is 4.09. The Hall–Kier alpha value is -0.570. The van der Waals surface area contributed by atoms with E-state index in [1.165, 1.54) is 0 Å². The third-order valence-corrected chi connectivity index (χ3v) is 1.99. The van der Waals surface area contributed by atoms with Gasteiger partial charge in [0.15, 0.2) is 0 Å². The topological polar surface area (TPSA) is 55.1 Å². The lowest BCUT2D eigenvalue weighted by molar-refractivity contribution is -0.122. The van der Waals surface area contributed by atoms with E-state index < -0.39 is 0 Å². The van der Waals surface area contributed by atoms with E-state index in [1.807, 2.05) is 20.8 Å². The van der Waals surface area contributed by atoms with Crippen LogP contribution in [0.5, 0.6) is 0 Å². The van der Waals surface area contributed by atoms with Gasteiger partial charge in [0, 0.05) is 18.5 Å². The Labute approximate surface area is 68.3 Å². The van der Waals surface area contributed by atoms with Crippen LogP contribution in [0, 0.1) is 0 Å². The smallest absolute Gasteiger partial charge is 0.220 e. The van der Waals surface area contributed by atoms with E-state index in [4.69, 9.17) is 5.73 Å². The first kappa shape index (κ1) is 10.4. The van der Waals surface area contributed by atoms with Gasteiger partial charge >= 0.3 is 0 Å². The molecule has 0 rings (SSSR count). The fourth-order valence-electron chi connectivity index (χ4n) is 0.709. The molecule has 1 atom stereocenters. The summed E-state index contributed by atoms with van der Waals surface area (Å²) in [6.45, 7) is 6.31. The minimum atomic E-state index is -0.215. The highest BCUT2D eigenvalue weighted by atomic mass is 16.1. The molecule has 3 N–H and O–H groups in total. The average Bonchev–Trinajstić information content (AvgIpc) is 2.04. The molecule has 0 bridgehead atoms. The largest absolute Gasteiger partial charge is 0.350 e. The molecular formula is C8H18N2O. The van der Waals surface area contributed by atoms with Crippen molar-refractivity contribution >= 4 is 5.91 Å². The fraction of sp³-hybridized carbons (Fsp3) is 0.875. The summed E-state index contributed by atoms with van der Waals surface area (Å²) < 4.78 is 0. The number of hydrogen-bond acceptors (Lipinski definition) is 2. The highest BCUT2D eigenvalue weighted by molar-refractivity contribution is 5.76. The molecule has 3 nitrogen and oxygen atoms in total. The second kappa shape index (κ2) is 4.34. The van der Waals surface area contributed by atoms with Crippen LogP contribution in [0.3, 0.4) is 0 Å². The third-order valence-electron chi connectivity index (χ3n) is 1.99. The van der Waals surface area contributed by atoms with Crippen LogP contribution in [-0.2, 0) is 4.79 Å². The molecule has 0 aliphatic heterocycles. The summed E-state index contributed by atoms with van der Waals surface area (Å²) >= 11 is 0. The molecule has 0 saturated heterocycles. The van der Waals surface area contributed by atoms with Gasteiger partial charge in [-0.1, -0.05) is 13.8 Å². The highest BCUT2D eigenvalue weighted by Gasteiger charge is 2.20. The lowest BCUT2D eigenvalue weighted by atomic mass is 9.99. The second-order valence-corrected chi connectivity index (χ2v) is 3.02. The van der Waals surface area contributed by atoms with Crippen molar-refractivity contribution in [3.05, 3.63) is 0 Å². The zero-order valence-corrected chi connectivity index (χ0v) is 7.61. The third kappa shape index (κ3) is 3.37. The number of amides is 1. The first-order valence-electron chi connectivity index (χ1n) is 4.09. The molecule has 11 heavy (non-hydrogen) atoms. The normalized spacial score (nSPS) is 15.6. The standard InChI is InChI=1S/C8H18N2O/c1-4-7(11)10-8(3,5-2)6-9/h4-6,9H2,1-3H3,(H,10,11). The SMILES string of the molecule is CCC(=O)NC(C)(CC)CN. The summed E-state index contributed by atoms with van der Waals surface area (Å²) in [5, 5.41) is 2.88. The van der Waals surface area contributed by atoms with E-state index in [0.717, 1.165) is 6.42 Å². The summed E-state index contributed by atoms with van der Waals surface area (Å²) in [7, 11) is 0. The van der Waals surface area contributed by atoms with Crippen LogP contribution < -0.4 is 11.1 Å². The maximum absolute atomic E-state index is 11.0. The minimum Gasteiger partial charge on any atom is -0.350 e. The molecule has 1 amide bonds. The van der Waals surface area contributed by atoms with Crippen molar-refractivity contribution in [2.75, 3.05) is 6.54 Å². The van der Waals surface area contributed by atoms with Gasteiger partial charge in [-0.15, -0.1) is 0 Å². The van der Waals surface area contributed by atoms with Crippen molar-refractivity contribution in [3.8, 4) is 0 Å². The van der Waals surface area contributed by atoms with E-state index in [1.54, 1.807) is 0 Å². The van der Waals surface area contributed by atoms with E-state index in [-0.39, 0.29) is 11.4 Å². The molecule has 3 heteroatoms. The quantitative estimate of drug-likeness (QED) is 0.631. The van der Waals surface area contributed by atoms with Gasteiger partial charge in [0.1, 0.15) is 0 Å². The zero-order valence-electron chi connectivity index (χ0n) is 7.61. The molecule has 0 radical (unpaired) electrons. The lowest BCUT2D eigenvalue weighted by Gasteiger charge is -2.27. The Morgan fingerprint density at radius 3 is 2.36 bits per heavy atom. The minimum absolute atomic E-state index is 0.0693. The van der Waals surface area contributed by atoms with Crippen LogP contribution in [0.15, 0.2) is 0 Å². The van der Waals surface area contributed by atoms with Gasteiger partial charge < -0.3 is 11.1 Å². The van der Waals surface area contributed by atoms with E-state index in [0.29, 0.717) is 13.0 Å². The number of rotatable bonds is 4. The van der Waals surface area contributed by atoms with Crippen LogP contribution >= 0.6 is 0 Å². The molecule has 66 valence electrons. The molecule has 0 heterocycles. The highest BCUT2D eigenvalue weighted by Crippen LogP contribution is 2.06. The molecule has 0 fully saturated rings. The van der Waals surface area contributed by atoms with Crippen LogP contribution in [0.4, 0.5) is 0 Å². The first-order chi connectivity index (χ1) is 5.08. The molecular weight excluding hydrogens is 140 g/mol. The summed E-state index contributed by atoms with van der Waals surface area (Å²) in [6, 6.07) is 0. The van der Waals surface area contributed by atoms with E-state index >= 15 is 0 Å². The Bertz CT molecular complexity index is 130. The molecule has 0 aromatic carbocycles. The van der Waals surface area contributed by atoms with Crippen molar-refractivity contribution in [1.29, 1.82) is 0 Å². The Kier molecular flexibility index (Phi) is 4.11. The Morgan fingerprint density at radius 1 is 1.55 bits per heavy atom. The van der Waals surface area contributed by atoms with Crippen molar-refractivity contribution in [3.63, 3.8) is 0 Å². The molecule has 0 aromatic heterocycles. The Balaban J connectivity index is 3.96. The van der Waals surface area contributed by atoms with Gasteiger partial charge in [-0.3, -0.25) is 4.79 Å². The van der Waals surface area contributed by atoms with Gasteiger partial charge in [0.25, 0.3) is 0 Å². The average molecular weight is 158 g/mol. The predicted molar refractivity (Wildman–Crippen MR) is 46.2 cm³/mol. The maximum Gasteiger partial charge on any atom is 0.220 e. The fourth-order valence-corrected chi connectivity index (χ4v) is 0.709. The van der Waals surface area contributed by atoms with Gasteiger partial charge in [-0.05, 0) is 13.3 Å². The lowest BCUT2D eigenvalue weighted by Crippen LogP contribution is -2.50. The predicted octanol–water partition coefficient (Wildman–Crippen LogP) is 0.640. The Morgan fingerprint density at radius 2 is 2.09 bits per heavy atom. The molecule has 0 aromatic rings. The summed E-state index contributed by atoms with van der Waals surface area (Å²) in [6.07, 6.45) is 1.39. The van der Waals surface area contributed by atoms with Crippen molar-refractivity contribution in [2.24, 2.45) is 5.73 Å². The molecule has 0 aliphatic rings. The summed E-state index contributed by atoms with van der Waals surface area (Å²) in [4.78, 5) is 11.0. The number of nitrogens with one attached hydrogen (secondary N) is 1. The van der Waals surface area contributed by atoms with Crippen LogP contribution in [0.1, 0.15) is 33.6 Å². The van der Waals surface area contributed by atoms with Gasteiger partial charge in [0.2, 0.25) is 5.91 Å². The number of carbonyl (C=O) groups is 1. The molecule has 0 spiro atoms. The van der Waals surface area contributed by atoms with E-state index in [2.05, 4.69) is 5.32 Å². The number of nitrogens with two attached hydrogens (primary N) is 1. The number of carbonyl (C=O) groups excluding carboxylic acids is 1. The maximum atomic E-state index is 11.0. The molecule has 1 unspecified atom stereocenters. The zero-order chi connectivity index (χ0) is 8.91. The van der Waals surface area contributed by atoms with Crippen LogP contribution in [-0.4, -0.2) is 18.0 Å². The van der Waals surface area contributed by atoms with Crippen LogP contribution in [0.2, 0.25) is 0 Å². The second-order valence-electron chi connectivity index (χ2n) is 3.02. The van der Waals surface area contributed by atoms with Crippen molar-refractivity contribution in [2.45, 2.75) is 39.2 Å². The molecule has 0 aliphatic carbocycles. The summed E-state index contributed by atoms with van der Waals surface area (Å²) in [5.74, 6) is 0.0693. The van der Waals surface area contributed by atoms with Crippen molar-refractivity contribution in [1.82, 2.24) is 5.32 Å². The van der Waals surface area contributed by atoms with Gasteiger partial charge in [-0.25, -0.2) is 0 Å². The monoisotopic (exact) mass is 158 g/mol.